The van der Waals surface area contributed by atoms with Crippen LogP contribution in [-0.2, 0) is 27.3 Å². The van der Waals surface area contributed by atoms with Gasteiger partial charge in [0.25, 0.3) is 5.56 Å². The van der Waals surface area contributed by atoms with Gasteiger partial charge in [-0.3, -0.25) is 28.0 Å². The summed E-state index contributed by atoms with van der Waals surface area (Å²) in [5.41, 5.74) is 4.55. The Morgan fingerprint density at radius 2 is 1.84 bits per heavy atom. The van der Waals surface area contributed by atoms with Crippen LogP contribution in [0.25, 0.3) is 11.2 Å². The molecule has 18 nitrogen and oxygen atoms in total. The van der Waals surface area contributed by atoms with Gasteiger partial charge in [-0.15, -0.1) is 0 Å². The number of ether oxygens (including phenoxy) is 1. The summed E-state index contributed by atoms with van der Waals surface area (Å²) in [7, 11) is -15.7. The molecule has 0 aliphatic carbocycles. The number of H-pyrrole nitrogens is 1. The van der Waals surface area contributed by atoms with Crippen LogP contribution in [0.3, 0.4) is 0 Å². The van der Waals surface area contributed by atoms with E-state index in [2.05, 4.69) is 23.8 Å². The number of hydrogen-bond acceptors (Lipinski definition) is 12. The minimum atomic E-state index is -5.35. The Balaban J connectivity index is 1.72. The Kier molecular flexibility index (Phi) is 6.81. The maximum absolute atomic E-state index is 11.9. The number of aliphatic hydroxyl groups excluding tert-OH is 2. The number of aromatic amines is 1. The summed E-state index contributed by atoms with van der Waals surface area (Å²) in [6, 6.07) is 0. The summed E-state index contributed by atoms with van der Waals surface area (Å²) in [5.74, 6) is -2.00. The number of hydrogen-bond donors (Lipinski definition) is 8. The zero-order valence-electron chi connectivity index (χ0n) is 15.6. The molecule has 1 aliphatic rings. The van der Waals surface area contributed by atoms with Crippen molar-refractivity contribution in [1.29, 1.82) is 0 Å². The van der Waals surface area contributed by atoms with E-state index in [4.69, 9.17) is 20.3 Å². The third-order valence-corrected chi connectivity index (χ3v) is 9.28. The number of phosphoric ester groups is 1. The van der Waals surface area contributed by atoms with Crippen molar-refractivity contribution in [1.82, 2.24) is 19.5 Å². The molecular formula is C11H18N5O13P3. The number of nitrogens with one attached hydrogen (secondary N) is 1. The van der Waals surface area contributed by atoms with Crippen molar-refractivity contribution >= 4 is 40.1 Å². The van der Waals surface area contributed by atoms with E-state index in [9.17, 15) is 38.5 Å². The highest BCUT2D eigenvalue weighted by Crippen LogP contribution is 2.65. The second-order valence-corrected chi connectivity index (χ2v) is 12.2. The quantitative estimate of drug-likeness (QED) is 0.171. The van der Waals surface area contributed by atoms with Crippen LogP contribution in [0.2, 0.25) is 0 Å². The molecule has 1 aliphatic heterocycles. The lowest BCUT2D eigenvalue weighted by atomic mass is 10.1. The van der Waals surface area contributed by atoms with Gasteiger partial charge in [0.2, 0.25) is 5.95 Å². The number of nitrogens with zero attached hydrogens (tertiary/aromatic N) is 3. The number of anilines is 1. The Hall–Kier alpha value is -1.52. The maximum Gasteiger partial charge on any atom is 0.479 e. The molecule has 2 aromatic rings. The van der Waals surface area contributed by atoms with Crippen molar-refractivity contribution in [3.63, 3.8) is 0 Å². The Morgan fingerprint density at radius 1 is 1.19 bits per heavy atom. The minimum absolute atomic E-state index is 0.0983. The lowest BCUT2D eigenvalue weighted by Gasteiger charge is -2.19. The zero-order chi connectivity index (χ0) is 24.1. The summed E-state index contributed by atoms with van der Waals surface area (Å²) >= 11 is 0. The van der Waals surface area contributed by atoms with Crippen molar-refractivity contribution in [3.8, 4) is 0 Å². The molecule has 9 N–H and O–H groups in total. The molecular weight excluding hydrogens is 503 g/mol. The van der Waals surface area contributed by atoms with Gasteiger partial charge < -0.3 is 40.3 Å². The van der Waals surface area contributed by atoms with E-state index in [1.807, 2.05) is 0 Å². The molecule has 1 fully saturated rings. The number of aromatic nitrogens is 4. The topological polar surface area (TPSA) is 290 Å². The molecule has 0 saturated carbocycles. The molecule has 0 aromatic carbocycles. The summed E-state index contributed by atoms with van der Waals surface area (Å²) in [5, 5.41) is 20.5. The van der Waals surface area contributed by atoms with Crippen LogP contribution in [0.15, 0.2) is 11.1 Å². The van der Waals surface area contributed by atoms with Gasteiger partial charge in [0.05, 0.1) is 12.9 Å². The monoisotopic (exact) mass is 521 g/mol. The van der Waals surface area contributed by atoms with E-state index in [1.54, 1.807) is 0 Å². The molecule has 180 valence electrons. The van der Waals surface area contributed by atoms with Gasteiger partial charge in [-0.2, -0.15) is 4.98 Å². The van der Waals surface area contributed by atoms with Crippen LogP contribution in [0.5, 0.6) is 0 Å². The molecule has 0 amide bonds. The first kappa shape index (κ1) is 25.1. The Morgan fingerprint density at radius 3 is 2.47 bits per heavy atom. The molecule has 2 aromatic heterocycles. The lowest BCUT2D eigenvalue weighted by Crippen LogP contribution is -2.33. The average molecular weight is 521 g/mol. The molecule has 32 heavy (non-hydrogen) atoms. The van der Waals surface area contributed by atoms with Gasteiger partial charge in [0.15, 0.2) is 23.3 Å². The van der Waals surface area contributed by atoms with E-state index >= 15 is 0 Å². The number of aliphatic hydroxyl groups is 2. The fourth-order valence-corrected chi connectivity index (χ4v) is 7.18. The van der Waals surface area contributed by atoms with Crippen molar-refractivity contribution in [3.05, 3.63) is 16.7 Å². The van der Waals surface area contributed by atoms with Crippen LogP contribution in [0.1, 0.15) is 6.23 Å². The van der Waals surface area contributed by atoms with E-state index in [0.717, 1.165) is 10.9 Å². The predicted octanol–water partition coefficient (Wildman–Crippen LogP) is -2.22. The van der Waals surface area contributed by atoms with Crippen LogP contribution in [0.4, 0.5) is 5.95 Å². The molecule has 0 spiro atoms. The number of rotatable bonds is 8. The van der Waals surface area contributed by atoms with E-state index < -0.39 is 65.6 Å². The first-order valence-electron chi connectivity index (χ1n) is 8.37. The highest BCUT2D eigenvalue weighted by atomic mass is 31.3. The number of fused-ring (bicyclic) bond motifs is 1. The van der Waals surface area contributed by atoms with Crippen LogP contribution < -0.4 is 11.3 Å². The van der Waals surface area contributed by atoms with Crippen LogP contribution in [0, 0.1) is 0 Å². The fraction of sp³-hybridized carbons (Fsp3) is 0.545. The molecule has 6 atom stereocenters. The summed E-state index contributed by atoms with van der Waals surface area (Å²) < 4.78 is 49.1. The third-order valence-electron chi connectivity index (χ3n) is 4.06. The SMILES string of the molecule is Nc1nc2c(ncn2[C@@H]2O[C@@H](COP(=O)(O)OP(=O)(O)CP(=O)(O)O)[C@H](O)[C@H]2O)c(=O)[nH]1. The van der Waals surface area contributed by atoms with Gasteiger partial charge in [-0.25, -0.2) is 13.9 Å². The molecule has 3 rings (SSSR count). The standard InChI is InChI=1S/C11H18N5O13P3/c12-11-14-8-5(9(19)15-11)13-2-16(8)10-7(18)6(17)4(28-10)1-27-32(25,26)29-31(23,24)3-30(20,21)22/h2,4,6-7,10,17-18H,1,3H2,(H,23,24)(H,25,26)(H2,20,21,22)(H3,12,14,15,19)/t4-,6-,7+,10+/m0/s1. The normalized spacial score (nSPS) is 27.9. The molecule has 21 heteroatoms. The van der Waals surface area contributed by atoms with Gasteiger partial charge in [0.1, 0.15) is 18.3 Å². The molecule has 0 radical (unpaired) electrons. The largest absolute Gasteiger partial charge is 0.479 e. The van der Waals surface area contributed by atoms with E-state index in [-0.39, 0.29) is 17.1 Å². The number of nitrogen functional groups attached to an aromatic ring is 1. The number of imidazole rings is 1. The summed E-state index contributed by atoms with van der Waals surface area (Å²) in [6.45, 7) is -0.957. The van der Waals surface area contributed by atoms with Crippen molar-refractivity contribution in [2.24, 2.45) is 0 Å². The van der Waals surface area contributed by atoms with E-state index in [0.29, 0.717) is 0 Å². The minimum Gasteiger partial charge on any atom is -0.387 e. The van der Waals surface area contributed by atoms with Gasteiger partial charge in [-0.05, 0) is 0 Å². The van der Waals surface area contributed by atoms with Gasteiger partial charge in [0, 0.05) is 0 Å². The average Bonchev–Trinajstić information content (AvgIpc) is 3.12. The number of nitrogens with two attached hydrogens (primary N) is 1. The van der Waals surface area contributed by atoms with Gasteiger partial charge in [-0.1, -0.05) is 0 Å². The van der Waals surface area contributed by atoms with Crippen LogP contribution >= 0.6 is 23.0 Å². The molecule has 2 unspecified atom stereocenters. The highest BCUT2D eigenvalue weighted by molar-refractivity contribution is 7.73. The van der Waals surface area contributed by atoms with Crippen LogP contribution in [-0.4, -0.2) is 80.1 Å². The lowest BCUT2D eigenvalue weighted by molar-refractivity contribution is -0.0501. The Bertz CT molecular complexity index is 1210. The molecule has 1 saturated heterocycles. The molecule has 0 bridgehead atoms. The van der Waals surface area contributed by atoms with Gasteiger partial charge >= 0.3 is 23.0 Å². The first-order valence-corrected chi connectivity index (χ1v) is 13.4. The summed E-state index contributed by atoms with van der Waals surface area (Å²) in [6.07, 6.45) is -5.19. The van der Waals surface area contributed by atoms with Crippen molar-refractivity contribution < 1.29 is 57.1 Å². The second kappa shape index (κ2) is 8.68. The smallest absolute Gasteiger partial charge is 0.387 e. The van der Waals surface area contributed by atoms with Crippen molar-refractivity contribution in [2.75, 3.05) is 18.2 Å². The number of phosphoric acid groups is 1. The molecule has 3 heterocycles. The Labute approximate surface area is 176 Å². The van der Waals surface area contributed by atoms with Crippen molar-refractivity contribution in [2.45, 2.75) is 24.5 Å². The summed E-state index contributed by atoms with van der Waals surface area (Å²) in [4.78, 5) is 58.1. The fourth-order valence-electron chi connectivity index (χ4n) is 2.84. The first-order chi connectivity index (χ1) is 14.6. The third kappa shape index (κ3) is 5.69. The maximum atomic E-state index is 11.9. The highest BCUT2D eigenvalue weighted by Gasteiger charge is 2.46. The predicted molar refractivity (Wildman–Crippen MR) is 102 cm³/mol. The zero-order valence-corrected chi connectivity index (χ0v) is 18.3. The second-order valence-electron chi connectivity index (χ2n) is 6.61. The van der Waals surface area contributed by atoms with E-state index in [1.165, 1.54) is 0 Å².